The van der Waals surface area contributed by atoms with Crippen LogP contribution in [0.15, 0.2) is 12.7 Å². The van der Waals surface area contributed by atoms with Gasteiger partial charge >= 0.3 is 30.8 Å². The van der Waals surface area contributed by atoms with Crippen molar-refractivity contribution in [2.75, 3.05) is 12.3 Å². The Bertz CT molecular complexity index is 1110. The minimum absolute atomic E-state index is 0. The quantitative estimate of drug-likeness (QED) is 0.142. The van der Waals surface area contributed by atoms with Gasteiger partial charge in [0.1, 0.15) is 30.2 Å². The van der Waals surface area contributed by atoms with Gasteiger partial charge in [0, 0.05) is 0 Å². The van der Waals surface area contributed by atoms with Crippen LogP contribution in [-0.2, 0) is 27.3 Å². The van der Waals surface area contributed by atoms with Gasteiger partial charge < -0.3 is 44.8 Å². The molecule has 0 bridgehead atoms. The van der Waals surface area contributed by atoms with E-state index in [1.807, 2.05) is 0 Å². The molecule has 2 aromatic heterocycles. The van der Waals surface area contributed by atoms with E-state index in [1.54, 1.807) is 0 Å². The van der Waals surface area contributed by atoms with Crippen molar-refractivity contribution in [3.8, 4) is 0 Å². The summed E-state index contributed by atoms with van der Waals surface area (Å²) in [5.41, 5.74) is 5.97. The second-order valence-electron chi connectivity index (χ2n) is 6.10. The average Bonchev–Trinajstić information content (AvgIpc) is 3.13. The van der Waals surface area contributed by atoms with Crippen LogP contribution in [0.1, 0.15) is 6.23 Å². The van der Waals surface area contributed by atoms with Gasteiger partial charge in [-0.3, -0.25) is 18.0 Å². The molecule has 22 heteroatoms. The molecule has 2 aromatic rings. The Morgan fingerprint density at radius 1 is 1.19 bits per heavy atom. The molecule has 6 atom stereocenters. The summed E-state index contributed by atoms with van der Waals surface area (Å²) in [6.45, 7) is -1.02. The molecule has 174 valence electrons. The van der Waals surface area contributed by atoms with Crippen LogP contribution in [0.2, 0.25) is 0 Å². The van der Waals surface area contributed by atoms with E-state index in [-0.39, 0.29) is 40.0 Å². The third-order valence-corrected chi connectivity index (χ3v) is 8.00. The van der Waals surface area contributed by atoms with E-state index < -0.39 is 54.5 Å². The minimum atomic E-state index is -5.76. The number of aliphatic hydroxyl groups is 2. The number of nitrogens with zero attached hydrogens (tertiary/aromatic N) is 4. The zero-order valence-corrected chi connectivity index (χ0v) is 19.7. The van der Waals surface area contributed by atoms with Gasteiger partial charge in [0.05, 0.1) is 12.9 Å². The van der Waals surface area contributed by atoms with Crippen LogP contribution in [0.4, 0.5) is 5.82 Å². The number of hydrogen-bond donors (Lipinski definition) is 6. The summed E-state index contributed by atoms with van der Waals surface area (Å²) in [5, 5.41) is 20.4. The number of nitrogens with one attached hydrogen (secondary N) is 1. The van der Waals surface area contributed by atoms with Gasteiger partial charge in [-0.15, -0.1) is 0 Å². The molecule has 0 spiro atoms. The third-order valence-electron chi connectivity index (χ3n) is 3.86. The van der Waals surface area contributed by atoms with Crippen molar-refractivity contribution in [2.45, 2.75) is 24.5 Å². The molecule has 2 unspecified atom stereocenters. The normalized spacial score (nSPS) is 27.6. The minimum Gasteiger partial charge on any atom is -0.766 e. The maximum absolute atomic E-state index is 11.7. The first kappa shape index (κ1) is 27.6. The van der Waals surface area contributed by atoms with Crippen molar-refractivity contribution < 1.29 is 57.1 Å². The van der Waals surface area contributed by atoms with Crippen LogP contribution in [0.3, 0.4) is 0 Å². The smallest absolute Gasteiger partial charge is 0.766 e. The SMILES string of the molecule is Nc1ncnc2c1ncn2[C@@H]1O[C@H](COP(=O)([O-])OP(=O)([O-])NP(=O)(O)O)[C@@H](O)[C@H]1O.[Mg+2]. The van der Waals surface area contributed by atoms with Gasteiger partial charge in [-0.25, -0.2) is 19.5 Å². The van der Waals surface area contributed by atoms with E-state index in [1.165, 1.54) is 10.9 Å². The van der Waals surface area contributed by atoms with Crippen molar-refractivity contribution in [2.24, 2.45) is 0 Å². The van der Waals surface area contributed by atoms with Gasteiger partial charge in [0.2, 0.25) is 7.75 Å². The number of hydrogen-bond acceptors (Lipinski definition) is 14. The van der Waals surface area contributed by atoms with E-state index in [2.05, 4.69) is 23.8 Å². The Balaban J connectivity index is 0.00000363. The molecule has 3 rings (SSSR count). The predicted octanol–water partition coefficient (Wildman–Crippen LogP) is -3.70. The number of aromatic nitrogens is 4. The Hall–Kier alpha value is -0.594. The molecule has 0 amide bonds. The van der Waals surface area contributed by atoms with E-state index >= 15 is 0 Å². The third kappa shape index (κ3) is 6.50. The molecule has 18 nitrogen and oxygen atoms in total. The number of imidazole rings is 1. The van der Waals surface area contributed by atoms with Crippen LogP contribution in [0, 0.1) is 0 Å². The van der Waals surface area contributed by atoms with Gasteiger partial charge in [-0.05, 0) is 0 Å². The van der Waals surface area contributed by atoms with Gasteiger partial charge in [0.15, 0.2) is 17.7 Å². The number of fused-ring (bicyclic) bond motifs is 1. The maximum atomic E-state index is 11.7. The Morgan fingerprint density at radius 3 is 2.47 bits per heavy atom. The molecule has 0 saturated carbocycles. The van der Waals surface area contributed by atoms with Crippen molar-refractivity contribution in [1.29, 1.82) is 0 Å². The van der Waals surface area contributed by atoms with Crippen LogP contribution in [-0.4, -0.2) is 87.5 Å². The van der Waals surface area contributed by atoms with Crippen LogP contribution < -0.4 is 20.4 Å². The van der Waals surface area contributed by atoms with Crippen LogP contribution in [0.5, 0.6) is 0 Å². The molecule has 1 aliphatic rings. The predicted molar refractivity (Wildman–Crippen MR) is 98.8 cm³/mol. The summed E-state index contributed by atoms with van der Waals surface area (Å²) in [5.74, 6) is 0.0343. The monoisotopic (exact) mass is 528 g/mol. The molecule has 1 saturated heterocycles. The first-order valence-corrected chi connectivity index (χ1v) is 12.6. The van der Waals surface area contributed by atoms with E-state index in [0.29, 0.717) is 4.86 Å². The Labute approximate surface area is 194 Å². The maximum Gasteiger partial charge on any atom is 2.00 e. The number of nitrogens with two attached hydrogens (primary N) is 1. The summed E-state index contributed by atoms with van der Waals surface area (Å²) in [6, 6.07) is 0. The molecule has 1 fully saturated rings. The van der Waals surface area contributed by atoms with Crippen molar-refractivity contribution in [3.63, 3.8) is 0 Å². The first-order chi connectivity index (χ1) is 14.2. The van der Waals surface area contributed by atoms with E-state index in [0.717, 1.165) is 6.33 Å². The number of aliphatic hydroxyl groups excluding tert-OH is 2. The number of rotatable bonds is 8. The summed E-state index contributed by atoms with van der Waals surface area (Å²) in [7, 11) is -16.8. The van der Waals surface area contributed by atoms with Crippen LogP contribution >= 0.6 is 23.3 Å². The molecule has 1 aliphatic heterocycles. The second-order valence-corrected chi connectivity index (χ2v) is 10.8. The van der Waals surface area contributed by atoms with Gasteiger partial charge in [-0.2, -0.15) is 4.86 Å². The van der Waals surface area contributed by atoms with Crippen molar-refractivity contribution >= 4 is 63.4 Å². The number of ether oxygens (including phenoxy) is 1. The Morgan fingerprint density at radius 2 is 1.84 bits per heavy atom. The zero-order valence-electron chi connectivity index (χ0n) is 15.6. The van der Waals surface area contributed by atoms with E-state index in [9.17, 15) is 33.7 Å². The fourth-order valence-corrected chi connectivity index (χ4v) is 5.97. The second kappa shape index (κ2) is 9.95. The standard InChI is InChI=1S/C10H17N6O12P3.Mg/c11-8-5-9(13-2-12-8)16(3-14-5)10-7(18)6(17)4(27-10)1-26-31(24,25)28-30(22,23)15-29(19,20)21;/h2-4,6-7,10,17-18H,1H2,(H,24,25)(H2,11,12,13)(H4,15,19,20,21,22,23);/q;+2/p-2/t4-,6-,7-,10-;/m1./s1. The molecular formula is C10H15MgN6O12P3. The molecule has 3 heterocycles. The zero-order chi connectivity index (χ0) is 23.2. The molecule has 7 N–H and O–H groups in total. The Kier molecular flexibility index (Phi) is 8.60. The van der Waals surface area contributed by atoms with Gasteiger partial charge in [-0.1, -0.05) is 0 Å². The van der Waals surface area contributed by atoms with Gasteiger partial charge in [0.25, 0.3) is 7.82 Å². The largest absolute Gasteiger partial charge is 2.00 e. The van der Waals surface area contributed by atoms with Crippen LogP contribution in [0.25, 0.3) is 11.2 Å². The molecule has 0 radical (unpaired) electrons. The number of nitrogen functional groups attached to an aromatic ring is 1. The fourth-order valence-electron chi connectivity index (χ4n) is 2.65. The number of anilines is 1. The number of phosphoric ester groups is 1. The summed E-state index contributed by atoms with van der Waals surface area (Å²) >= 11 is 0. The molecule has 0 aliphatic carbocycles. The first-order valence-electron chi connectivity index (χ1n) is 7.97. The summed E-state index contributed by atoms with van der Waals surface area (Å²) < 4.78 is 48.1. The summed E-state index contributed by atoms with van der Waals surface area (Å²) in [4.78, 5) is 52.4. The number of phosphoric acid groups is 1. The average molecular weight is 528 g/mol. The molecular weight excluding hydrogens is 513 g/mol. The van der Waals surface area contributed by atoms with Crippen molar-refractivity contribution in [3.05, 3.63) is 12.7 Å². The molecule has 0 aromatic carbocycles. The summed E-state index contributed by atoms with van der Waals surface area (Å²) in [6.07, 6.45) is -3.82. The fraction of sp³-hybridized carbons (Fsp3) is 0.500. The van der Waals surface area contributed by atoms with E-state index in [4.69, 9.17) is 20.3 Å². The molecule has 32 heavy (non-hydrogen) atoms. The van der Waals surface area contributed by atoms with Crippen molar-refractivity contribution in [1.82, 2.24) is 24.4 Å². The topological polar surface area (TPSA) is 288 Å².